The summed E-state index contributed by atoms with van der Waals surface area (Å²) in [5.74, 6) is 0.0870. The molecule has 0 spiro atoms. The Balaban J connectivity index is 2.07. The van der Waals surface area contributed by atoms with Crippen molar-refractivity contribution in [3.8, 4) is 5.75 Å². The molecule has 0 aromatic heterocycles. The van der Waals surface area contributed by atoms with E-state index in [1.807, 2.05) is 12.1 Å². The molecule has 2 rings (SSSR count). The third kappa shape index (κ3) is 3.11. The first-order chi connectivity index (χ1) is 8.15. The monoisotopic (exact) mass is 251 g/mol. The first-order valence-electron chi connectivity index (χ1n) is 5.07. The number of ether oxygens (including phenoxy) is 1. The molecule has 0 saturated carbocycles. The van der Waals surface area contributed by atoms with Gasteiger partial charge in [0.05, 0.1) is 5.69 Å². The molecule has 0 aliphatic heterocycles. The number of hydrogen-bond donors (Lipinski definition) is 1. The first kappa shape index (κ1) is 11.7. The summed E-state index contributed by atoms with van der Waals surface area (Å²) in [6.45, 7) is 0.344. The van der Waals surface area contributed by atoms with Crippen LogP contribution in [0.1, 0.15) is 5.56 Å². The highest BCUT2D eigenvalue weighted by molar-refractivity contribution is 6.30. The van der Waals surface area contributed by atoms with E-state index < -0.39 is 0 Å². The van der Waals surface area contributed by atoms with Crippen molar-refractivity contribution < 1.29 is 9.13 Å². The Kier molecular flexibility index (Phi) is 3.49. The summed E-state index contributed by atoms with van der Waals surface area (Å²) in [4.78, 5) is 0. The Morgan fingerprint density at radius 1 is 1.18 bits per heavy atom. The molecular formula is C13H11ClFNO. The van der Waals surface area contributed by atoms with E-state index in [9.17, 15) is 4.39 Å². The van der Waals surface area contributed by atoms with E-state index in [4.69, 9.17) is 22.1 Å². The topological polar surface area (TPSA) is 35.2 Å². The van der Waals surface area contributed by atoms with Gasteiger partial charge in [0, 0.05) is 11.1 Å². The maximum absolute atomic E-state index is 12.8. The molecule has 88 valence electrons. The number of hydrogen-bond acceptors (Lipinski definition) is 2. The zero-order valence-electron chi connectivity index (χ0n) is 8.99. The Hall–Kier alpha value is -1.74. The van der Waals surface area contributed by atoms with Gasteiger partial charge in [0.25, 0.3) is 0 Å². The van der Waals surface area contributed by atoms with E-state index in [0.29, 0.717) is 17.4 Å². The molecule has 0 bridgehead atoms. The van der Waals surface area contributed by atoms with E-state index >= 15 is 0 Å². The van der Waals surface area contributed by atoms with Gasteiger partial charge >= 0.3 is 0 Å². The quantitative estimate of drug-likeness (QED) is 0.846. The highest BCUT2D eigenvalue weighted by Gasteiger charge is 2.02. The Labute approximate surface area is 104 Å². The van der Waals surface area contributed by atoms with Gasteiger partial charge in [-0.05, 0) is 29.8 Å². The van der Waals surface area contributed by atoms with E-state index in [-0.39, 0.29) is 11.5 Å². The lowest BCUT2D eigenvalue weighted by molar-refractivity contribution is 0.307. The van der Waals surface area contributed by atoms with Crippen LogP contribution in [-0.2, 0) is 6.61 Å². The molecule has 17 heavy (non-hydrogen) atoms. The second-order valence-electron chi connectivity index (χ2n) is 3.60. The van der Waals surface area contributed by atoms with E-state index in [1.165, 1.54) is 18.2 Å². The van der Waals surface area contributed by atoms with Gasteiger partial charge in [0.2, 0.25) is 0 Å². The van der Waals surface area contributed by atoms with Crippen LogP contribution in [0, 0.1) is 5.82 Å². The van der Waals surface area contributed by atoms with Crippen molar-refractivity contribution in [1.82, 2.24) is 0 Å². The second-order valence-corrected chi connectivity index (χ2v) is 4.04. The summed E-state index contributed by atoms with van der Waals surface area (Å²) in [5.41, 5.74) is 6.84. The Morgan fingerprint density at radius 3 is 2.71 bits per heavy atom. The van der Waals surface area contributed by atoms with Crippen LogP contribution >= 0.6 is 11.6 Å². The fourth-order valence-corrected chi connectivity index (χ4v) is 1.65. The number of anilines is 1. The molecule has 0 heterocycles. The zero-order chi connectivity index (χ0) is 12.3. The molecule has 0 aliphatic rings. The van der Waals surface area contributed by atoms with Crippen LogP contribution in [0.4, 0.5) is 10.1 Å². The fourth-order valence-electron chi connectivity index (χ4n) is 1.44. The third-order valence-electron chi connectivity index (χ3n) is 2.26. The average Bonchev–Trinajstić information content (AvgIpc) is 2.28. The standard InChI is InChI=1S/C13H11ClFNO/c14-10-3-1-2-9(6-10)8-17-13-5-4-11(15)7-12(13)16/h1-7H,8,16H2. The summed E-state index contributed by atoms with van der Waals surface area (Å²) >= 11 is 5.85. The highest BCUT2D eigenvalue weighted by atomic mass is 35.5. The van der Waals surface area contributed by atoms with Gasteiger partial charge in [-0.3, -0.25) is 0 Å². The number of nitrogens with two attached hydrogens (primary N) is 1. The van der Waals surface area contributed by atoms with Crippen molar-refractivity contribution in [2.75, 3.05) is 5.73 Å². The van der Waals surface area contributed by atoms with Gasteiger partial charge in [-0.15, -0.1) is 0 Å². The minimum atomic E-state index is -0.377. The van der Waals surface area contributed by atoms with Gasteiger partial charge in [-0.2, -0.15) is 0 Å². The van der Waals surface area contributed by atoms with Crippen LogP contribution in [0.5, 0.6) is 5.75 Å². The molecule has 2 aromatic carbocycles. The lowest BCUT2D eigenvalue weighted by Gasteiger charge is -2.09. The minimum absolute atomic E-state index is 0.284. The van der Waals surface area contributed by atoms with Crippen molar-refractivity contribution in [3.05, 3.63) is 58.9 Å². The highest BCUT2D eigenvalue weighted by Crippen LogP contribution is 2.23. The zero-order valence-corrected chi connectivity index (χ0v) is 9.75. The van der Waals surface area contributed by atoms with Crippen molar-refractivity contribution in [1.29, 1.82) is 0 Å². The van der Waals surface area contributed by atoms with Crippen LogP contribution in [0.25, 0.3) is 0 Å². The fraction of sp³-hybridized carbons (Fsp3) is 0.0769. The van der Waals surface area contributed by atoms with Crippen molar-refractivity contribution >= 4 is 17.3 Å². The van der Waals surface area contributed by atoms with E-state index in [1.54, 1.807) is 12.1 Å². The number of halogens is 2. The number of nitrogen functional groups attached to an aromatic ring is 1. The van der Waals surface area contributed by atoms with Crippen molar-refractivity contribution in [3.63, 3.8) is 0 Å². The summed E-state index contributed by atoms with van der Waals surface area (Å²) in [5, 5.41) is 0.651. The molecule has 0 amide bonds. The van der Waals surface area contributed by atoms with Crippen molar-refractivity contribution in [2.45, 2.75) is 6.61 Å². The molecule has 2 nitrogen and oxygen atoms in total. The first-order valence-corrected chi connectivity index (χ1v) is 5.45. The van der Waals surface area contributed by atoms with Crippen LogP contribution in [0.2, 0.25) is 5.02 Å². The summed E-state index contributed by atoms with van der Waals surface area (Å²) in [6.07, 6.45) is 0. The molecule has 0 atom stereocenters. The smallest absolute Gasteiger partial charge is 0.142 e. The molecule has 0 unspecified atom stereocenters. The van der Waals surface area contributed by atoms with Gasteiger partial charge in [-0.25, -0.2) is 4.39 Å². The van der Waals surface area contributed by atoms with Crippen LogP contribution in [-0.4, -0.2) is 0 Å². The van der Waals surface area contributed by atoms with Gasteiger partial charge < -0.3 is 10.5 Å². The maximum Gasteiger partial charge on any atom is 0.142 e. The Bertz CT molecular complexity index is 531. The minimum Gasteiger partial charge on any atom is -0.487 e. The molecular weight excluding hydrogens is 241 g/mol. The molecule has 0 aliphatic carbocycles. The lowest BCUT2D eigenvalue weighted by Crippen LogP contribution is -1.99. The second kappa shape index (κ2) is 5.06. The summed E-state index contributed by atoms with van der Waals surface area (Å²) in [6, 6.07) is 11.4. The number of rotatable bonds is 3. The van der Waals surface area contributed by atoms with Crippen LogP contribution < -0.4 is 10.5 Å². The van der Waals surface area contributed by atoms with Gasteiger partial charge in [0.1, 0.15) is 18.2 Å². The van der Waals surface area contributed by atoms with E-state index in [2.05, 4.69) is 0 Å². The summed E-state index contributed by atoms with van der Waals surface area (Å²) < 4.78 is 18.3. The molecule has 0 saturated heterocycles. The number of benzene rings is 2. The normalized spacial score (nSPS) is 10.2. The predicted octanol–water partition coefficient (Wildman–Crippen LogP) is 3.64. The molecule has 0 radical (unpaired) electrons. The molecule has 2 aromatic rings. The predicted molar refractivity (Wildman–Crippen MR) is 66.6 cm³/mol. The van der Waals surface area contributed by atoms with E-state index in [0.717, 1.165) is 5.56 Å². The summed E-state index contributed by atoms with van der Waals surface area (Å²) in [7, 11) is 0. The van der Waals surface area contributed by atoms with Crippen LogP contribution in [0.15, 0.2) is 42.5 Å². The Morgan fingerprint density at radius 2 is 2.00 bits per heavy atom. The lowest BCUT2D eigenvalue weighted by atomic mass is 10.2. The SMILES string of the molecule is Nc1cc(F)ccc1OCc1cccc(Cl)c1. The third-order valence-corrected chi connectivity index (χ3v) is 2.49. The largest absolute Gasteiger partial charge is 0.487 e. The van der Waals surface area contributed by atoms with Gasteiger partial charge in [0.15, 0.2) is 0 Å². The molecule has 2 N–H and O–H groups in total. The van der Waals surface area contributed by atoms with Crippen LogP contribution in [0.3, 0.4) is 0 Å². The molecule has 0 fully saturated rings. The average molecular weight is 252 g/mol. The maximum atomic E-state index is 12.8. The van der Waals surface area contributed by atoms with Gasteiger partial charge in [-0.1, -0.05) is 23.7 Å². The molecule has 4 heteroatoms. The van der Waals surface area contributed by atoms with Crippen molar-refractivity contribution in [2.24, 2.45) is 0 Å².